The van der Waals surface area contributed by atoms with Crippen molar-refractivity contribution in [3.05, 3.63) is 30.3 Å². The van der Waals surface area contributed by atoms with Crippen LogP contribution in [0.5, 0.6) is 0 Å². The molecule has 0 spiro atoms. The van der Waals surface area contributed by atoms with Crippen molar-refractivity contribution in [3.63, 3.8) is 0 Å². The Kier molecular flexibility index (Phi) is 6.45. The van der Waals surface area contributed by atoms with Crippen LogP contribution in [-0.4, -0.2) is 25.2 Å². The van der Waals surface area contributed by atoms with E-state index in [9.17, 15) is 4.79 Å². The monoisotopic (exact) mass is 260 g/mol. The van der Waals surface area contributed by atoms with Crippen LogP contribution in [0.3, 0.4) is 0 Å². The fourth-order valence-corrected chi connectivity index (χ4v) is 2.01. The first-order valence-electron chi connectivity index (χ1n) is 6.59. The molecule has 0 bridgehead atoms. The first-order valence-corrected chi connectivity index (χ1v) is 6.59. The molecule has 0 saturated heterocycles. The Hall–Kier alpha value is -2.02. The molecule has 0 saturated carbocycles. The highest BCUT2D eigenvalue weighted by Crippen LogP contribution is 2.19. The second-order valence-corrected chi connectivity index (χ2v) is 4.11. The van der Waals surface area contributed by atoms with Crippen molar-refractivity contribution < 1.29 is 9.53 Å². The van der Waals surface area contributed by atoms with Crippen LogP contribution in [0.25, 0.3) is 0 Å². The van der Waals surface area contributed by atoms with Gasteiger partial charge in [-0.3, -0.25) is 0 Å². The van der Waals surface area contributed by atoms with Crippen molar-refractivity contribution in [2.45, 2.75) is 32.7 Å². The molecule has 0 aliphatic heterocycles. The molecule has 0 aliphatic rings. The van der Waals surface area contributed by atoms with Gasteiger partial charge in [0.15, 0.2) is 0 Å². The van der Waals surface area contributed by atoms with Gasteiger partial charge in [-0.05, 0) is 25.5 Å². The molecule has 4 nitrogen and oxygen atoms in total. The molecule has 0 N–H and O–H groups in total. The van der Waals surface area contributed by atoms with Gasteiger partial charge in [-0.25, -0.2) is 4.79 Å². The summed E-state index contributed by atoms with van der Waals surface area (Å²) in [7, 11) is 0. The summed E-state index contributed by atoms with van der Waals surface area (Å²) in [6.45, 7) is 4.64. The molecule has 19 heavy (non-hydrogen) atoms. The first-order chi connectivity index (χ1) is 9.24. The van der Waals surface area contributed by atoms with Crippen LogP contribution in [-0.2, 0) is 9.53 Å². The third-order valence-electron chi connectivity index (χ3n) is 2.87. The molecule has 1 atom stereocenters. The maximum absolute atomic E-state index is 12.0. The molecule has 4 heteroatoms. The number of nitriles is 1. The molecular formula is C15H20N2O2. The minimum absolute atomic E-state index is 0.230. The van der Waals surface area contributed by atoms with E-state index in [-0.39, 0.29) is 12.0 Å². The molecule has 1 rings (SSSR count). The highest BCUT2D eigenvalue weighted by Gasteiger charge is 2.25. The van der Waals surface area contributed by atoms with Crippen LogP contribution in [0.1, 0.15) is 26.7 Å². The number of benzene rings is 1. The van der Waals surface area contributed by atoms with Crippen molar-refractivity contribution in [1.29, 1.82) is 5.26 Å². The summed E-state index contributed by atoms with van der Waals surface area (Å²) >= 11 is 0. The van der Waals surface area contributed by atoms with Gasteiger partial charge in [-0.1, -0.05) is 25.1 Å². The van der Waals surface area contributed by atoms with Gasteiger partial charge in [-0.2, -0.15) is 5.26 Å². The van der Waals surface area contributed by atoms with Crippen LogP contribution in [0.2, 0.25) is 0 Å². The van der Waals surface area contributed by atoms with Crippen LogP contribution >= 0.6 is 0 Å². The van der Waals surface area contributed by atoms with Gasteiger partial charge in [0.25, 0.3) is 0 Å². The third kappa shape index (κ3) is 4.29. The molecule has 0 aromatic heterocycles. The van der Waals surface area contributed by atoms with Gasteiger partial charge in [0.2, 0.25) is 0 Å². The average molecular weight is 260 g/mol. The largest absolute Gasteiger partial charge is 0.464 e. The molecule has 0 radical (unpaired) electrons. The number of nitrogens with zero attached hydrogens (tertiary/aromatic N) is 2. The summed E-state index contributed by atoms with van der Waals surface area (Å²) < 4.78 is 5.11. The Balaban J connectivity index is 2.94. The second kappa shape index (κ2) is 8.15. The number of para-hydroxylation sites is 1. The standard InChI is InChI=1S/C15H20N2O2/c1-3-14(15(18)19-4-2)17(12-8-11-16)13-9-6-5-7-10-13/h5-7,9-10,14H,3-4,8,12H2,1-2H3. The number of carbonyl (C=O) groups is 1. The average Bonchev–Trinajstić information content (AvgIpc) is 2.44. The predicted molar refractivity (Wildman–Crippen MR) is 74.7 cm³/mol. The summed E-state index contributed by atoms with van der Waals surface area (Å²) in [5, 5.41) is 8.77. The zero-order chi connectivity index (χ0) is 14.1. The first kappa shape index (κ1) is 15.0. The van der Waals surface area contributed by atoms with E-state index in [4.69, 9.17) is 10.00 Å². The molecule has 0 aliphatic carbocycles. The number of esters is 1. The molecule has 1 aromatic carbocycles. The van der Waals surface area contributed by atoms with E-state index in [1.54, 1.807) is 6.92 Å². The van der Waals surface area contributed by atoms with Crippen molar-refractivity contribution >= 4 is 11.7 Å². The van der Waals surface area contributed by atoms with Gasteiger partial charge in [0.05, 0.1) is 19.1 Å². The lowest BCUT2D eigenvalue weighted by atomic mass is 10.1. The lowest BCUT2D eigenvalue weighted by Crippen LogP contribution is -2.42. The van der Waals surface area contributed by atoms with E-state index in [1.807, 2.05) is 42.2 Å². The van der Waals surface area contributed by atoms with Crippen molar-refractivity contribution in [3.8, 4) is 6.07 Å². The molecule has 102 valence electrons. The predicted octanol–water partition coefficient (Wildman–Crippen LogP) is 2.75. The SMILES string of the molecule is CCOC(=O)C(CC)N(CCC#N)c1ccccc1. The summed E-state index contributed by atoms with van der Waals surface area (Å²) in [6, 6.07) is 11.4. The highest BCUT2D eigenvalue weighted by atomic mass is 16.5. The fraction of sp³-hybridized carbons (Fsp3) is 0.467. The Morgan fingerprint density at radius 2 is 2.05 bits per heavy atom. The van der Waals surface area contributed by atoms with Crippen LogP contribution in [0.4, 0.5) is 5.69 Å². The van der Waals surface area contributed by atoms with Gasteiger partial charge < -0.3 is 9.64 Å². The van der Waals surface area contributed by atoms with Crippen LogP contribution < -0.4 is 4.90 Å². The molecule has 0 fully saturated rings. The van der Waals surface area contributed by atoms with Gasteiger partial charge in [-0.15, -0.1) is 0 Å². The van der Waals surface area contributed by atoms with E-state index in [0.29, 0.717) is 26.0 Å². The van der Waals surface area contributed by atoms with E-state index in [0.717, 1.165) is 5.69 Å². The van der Waals surface area contributed by atoms with Crippen molar-refractivity contribution in [2.24, 2.45) is 0 Å². The van der Waals surface area contributed by atoms with Crippen molar-refractivity contribution in [1.82, 2.24) is 0 Å². The smallest absolute Gasteiger partial charge is 0.328 e. The van der Waals surface area contributed by atoms with E-state index < -0.39 is 0 Å². The lowest BCUT2D eigenvalue weighted by molar-refractivity contribution is -0.144. The van der Waals surface area contributed by atoms with E-state index >= 15 is 0 Å². The number of rotatable bonds is 7. The summed E-state index contributed by atoms with van der Waals surface area (Å²) in [5.74, 6) is -0.230. The molecular weight excluding hydrogens is 240 g/mol. The molecule has 0 heterocycles. The molecule has 0 amide bonds. The zero-order valence-corrected chi connectivity index (χ0v) is 11.5. The van der Waals surface area contributed by atoms with Gasteiger partial charge in [0, 0.05) is 12.2 Å². The summed E-state index contributed by atoms with van der Waals surface area (Å²) in [5.41, 5.74) is 0.942. The van der Waals surface area contributed by atoms with Crippen LogP contribution in [0.15, 0.2) is 30.3 Å². The van der Waals surface area contributed by atoms with Crippen molar-refractivity contribution in [2.75, 3.05) is 18.1 Å². The zero-order valence-electron chi connectivity index (χ0n) is 11.5. The normalized spacial score (nSPS) is 11.4. The fourth-order valence-electron chi connectivity index (χ4n) is 2.01. The maximum atomic E-state index is 12.0. The Morgan fingerprint density at radius 3 is 2.58 bits per heavy atom. The summed E-state index contributed by atoms with van der Waals surface area (Å²) in [4.78, 5) is 14.0. The van der Waals surface area contributed by atoms with E-state index in [1.165, 1.54) is 0 Å². The topological polar surface area (TPSA) is 53.3 Å². The van der Waals surface area contributed by atoms with Crippen LogP contribution in [0, 0.1) is 11.3 Å². The number of carbonyl (C=O) groups excluding carboxylic acids is 1. The maximum Gasteiger partial charge on any atom is 0.328 e. The Labute approximate surface area is 114 Å². The Bertz CT molecular complexity index is 426. The lowest BCUT2D eigenvalue weighted by Gasteiger charge is -2.30. The number of anilines is 1. The number of hydrogen-bond acceptors (Lipinski definition) is 4. The summed E-state index contributed by atoms with van der Waals surface area (Å²) in [6.07, 6.45) is 1.03. The quantitative estimate of drug-likeness (QED) is 0.707. The minimum Gasteiger partial charge on any atom is -0.464 e. The number of ether oxygens (including phenoxy) is 1. The minimum atomic E-state index is -0.337. The van der Waals surface area contributed by atoms with E-state index in [2.05, 4.69) is 6.07 Å². The molecule has 1 aromatic rings. The van der Waals surface area contributed by atoms with Gasteiger partial charge in [0.1, 0.15) is 6.04 Å². The third-order valence-corrected chi connectivity index (χ3v) is 2.87. The molecule has 1 unspecified atom stereocenters. The second-order valence-electron chi connectivity index (χ2n) is 4.11. The number of hydrogen-bond donors (Lipinski definition) is 0. The Morgan fingerprint density at radius 1 is 1.37 bits per heavy atom. The highest BCUT2D eigenvalue weighted by molar-refractivity contribution is 5.80. The van der Waals surface area contributed by atoms with Gasteiger partial charge >= 0.3 is 5.97 Å².